The molecule has 0 atom stereocenters. The van der Waals surface area contributed by atoms with Crippen LogP contribution >= 0.6 is 23.5 Å². The van der Waals surface area contributed by atoms with Gasteiger partial charge in [-0.15, -0.1) is 0 Å². The van der Waals surface area contributed by atoms with Gasteiger partial charge in [-0.05, 0) is 76.4 Å². The van der Waals surface area contributed by atoms with Crippen LogP contribution in [-0.2, 0) is 57.1 Å². The van der Waals surface area contributed by atoms with Crippen LogP contribution in [0.3, 0.4) is 0 Å². The number of amides is 2. The van der Waals surface area contributed by atoms with Crippen molar-refractivity contribution >= 4 is 59.6 Å². The number of thioether (sulfide) groups is 2. The molecule has 0 bridgehead atoms. The Morgan fingerprint density at radius 2 is 0.833 bits per heavy atom. The maximum absolute atomic E-state index is 11.1. The first-order chi connectivity index (χ1) is 28.2. The molecule has 348 valence electrons. The fraction of sp³-hybridized carbons (Fsp3) is 0.667. The molecule has 0 aliphatic carbocycles. The second kappa shape index (κ2) is 44.5. The SMILES string of the molecule is C=C(C)C(=O)OCCCSC(C)C.C=C(C)C(=O)OCCNC(=O)OCCOC(C)C.C=CC(=O)OCCCSC(C)C.C=CC(=O)OCCNC(=O)OCCOC(C)C. The Bertz CT molecular complexity index is 1230. The Morgan fingerprint density at radius 3 is 1.17 bits per heavy atom. The second-order valence-electron chi connectivity index (χ2n) is 13.1. The molecule has 0 saturated carbocycles. The number of ether oxygens (including phenoxy) is 8. The highest BCUT2D eigenvalue weighted by Crippen LogP contribution is 2.11. The third kappa shape index (κ3) is 56.1. The molecule has 0 spiro atoms. The van der Waals surface area contributed by atoms with Crippen molar-refractivity contribution in [3.05, 3.63) is 49.6 Å². The molecule has 60 heavy (non-hydrogen) atoms. The van der Waals surface area contributed by atoms with Crippen molar-refractivity contribution in [2.75, 3.05) is 77.5 Å². The molecule has 0 unspecified atom stereocenters. The molecular weight excluding hydrogens is 821 g/mol. The summed E-state index contributed by atoms with van der Waals surface area (Å²) in [6, 6.07) is 0. The van der Waals surface area contributed by atoms with Gasteiger partial charge in [0.15, 0.2) is 0 Å². The van der Waals surface area contributed by atoms with Gasteiger partial charge in [0.05, 0.1) is 51.7 Å². The second-order valence-corrected chi connectivity index (χ2v) is 16.5. The highest BCUT2D eigenvalue weighted by atomic mass is 32.2. The lowest BCUT2D eigenvalue weighted by molar-refractivity contribution is -0.139. The van der Waals surface area contributed by atoms with Gasteiger partial charge in [0.1, 0.15) is 26.4 Å². The minimum Gasteiger partial charge on any atom is -0.463 e. The van der Waals surface area contributed by atoms with Crippen LogP contribution in [-0.4, -0.2) is 136 Å². The third-order valence-corrected chi connectivity index (χ3v) is 8.13. The van der Waals surface area contributed by atoms with Crippen LogP contribution in [0.25, 0.3) is 0 Å². The zero-order valence-electron chi connectivity index (χ0n) is 37.7. The zero-order chi connectivity index (χ0) is 46.7. The molecule has 2 N–H and O–H groups in total. The summed E-state index contributed by atoms with van der Waals surface area (Å²) in [6.07, 6.45) is 3.18. The van der Waals surface area contributed by atoms with E-state index < -0.39 is 24.1 Å². The van der Waals surface area contributed by atoms with E-state index in [-0.39, 0.29) is 63.7 Å². The van der Waals surface area contributed by atoms with E-state index in [0.717, 1.165) is 30.4 Å². The van der Waals surface area contributed by atoms with Gasteiger partial charge < -0.3 is 48.5 Å². The average Bonchev–Trinajstić information content (AvgIpc) is 3.18. The van der Waals surface area contributed by atoms with Crippen molar-refractivity contribution in [1.29, 1.82) is 0 Å². The molecule has 0 aliphatic rings. The normalized spacial score (nSPS) is 9.97. The topological polar surface area (TPSA) is 200 Å². The van der Waals surface area contributed by atoms with Gasteiger partial charge >= 0.3 is 36.1 Å². The largest absolute Gasteiger partial charge is 0.463 e. The summed E-state index contributed by atoms with van der Waals surface area (Å²) in [5.41, 5.74) is 0.792. The summed E-state index contributed by atoms with van der Waals surface area (Å²) < 4.78 is 39.1. The highest BCUT2D eigenvalue weighted by Gasteiger charge is 2.06. The number of hydrogen-bond acceptors (Lipinski definition) is 16. The lowest BCUT2D eigenvalue weighted by atomic mass is 10.4. The molecule has 0 saturated heterocycles. The van der Waals surface area contributed by atoms with Gasteiger partial charge in [-0.1, -0.05) is 54.0 Å². The monoisotopic (exact) mass is 894 g/mol. The van der Waals surface area contributed by atoms with Gasteiger partial charge in [0.25, 0.3) is 0 Å². The summed E-state index contributed by atoms with van der Waals surface area (Å²) >= 11 is 3.75. The highest BCUT2D eigenvalue weighted by molar-refractivity contribution is 8.00. The summed E-state index contributed by atoms with van der Waals surface area (Å²) in [6.45, 7) is 35.6. The van der Waals surface area contributed by atoms with Gasteiger partial charge in [-0.3, -0.25) is 0 Å². The lowest BCUT2D eigenvalue weighted by Gasteiger charge is -2.09. The van der Waals surface area contributed by atoms with Crippen molar-refractivity contribution < 1.29 is 66.7 Å². The van der Waals surface area contributed by atoms with Gasteiger partial charge in [-0.2, -0.15) is 23.5 Å². The summed E-state index contributed by atoms with van der Waals surface area (Å²) in [4.78, 5) is 65.3. The van der Waals surface area contributed by atoms with Crippen molar-refractivity contribution in [2.45, 2.75) is 105 Å². The first-order valence-corrected chi connectivity index (χ1v) is 21.8. The predicted molar refractivity (Wildman–Crippen MR) is 239 cm³/mol. The Hall–Kier alpha value is -4.00. The summed E-state index contributed by atoms with van der Waals surface area (Å²) in [5, 5.41) is 6.17. The molecule has 0 heterocycles. The minimum atomic E-state index is -0.563. The molecule has 2 amide bonds. The quantitative estimate of drug-likeness (QED) is 0.0351. The Balaban J connectivity index is -0.000000353. The van der Waals surface area contributed by atoms with Gasteiger partial charge in [0.2, 0.25) is 0 Å². The third-order valence-electron chi connectivity index (χ3n) is 5.74. The van der Waals surface area contributed by atoms with Crippen LogP contribution in [0.5, 0.6) is 0 Å². The number of esters is 4. The first-order valence-electron chi connectivity index (χ1n) is 19.7. The molecule has 0 radical (unpaired) electrons. The number of hydrogen-bond donors (Lipinski definition) is 2. The van der Waals surface area contributed by atoms with E-state index in [1.54, 1.807) is 13.8 Å². The van der Waals surface area contributed by atoms with Crippen LogP contribution in [0, 0.1) is 0 Å². The van der Waals surface area contributed by atoms with Crippen LogP contribution in [0.1, 0.15) is 82.1 Å². The first kappa shape index (κ1) is 62.6. The zero-order valence-corrected chi connectivity index (χ0v) is 39.4. The standard InChI is InChI=1S/C12H21NO5.C11H19NO5.C10H18O2S.C9H16O2S/c1-9(2)11(14)17-6-5-13-12(15)18-8-7-16-10(3)4;1-4-10(13)16-6-5-12-11(14)17-8-7-15-9(2)3;1-8(2)10(11)12-6-5-7-13-9(3)4;1-4-9(10)11-6-5-7-12-8(2)3/h10H,1,5-8H2,2-4H3,(H,13,15);4,9H,1,5-8H2,2-3H3,(H,12,14);9H,1,5-7H2,2-4H3;4,8H,1,5-7H2,2-3H3. The van der Waals surface area contributed by atoms with E-state index in [1.165, 1.54) is 6.08 Å². The molecule has 0 aromatic carbocycles. The molecule has 0 aromatic rings. The van der Waals surface area contributed by atoms with Crippen molar-refractivity contribution in [1.82, 2.24) is 10.6 Å². The molecule has 16 nitrogen and oxygen atoms in total. The molecule has 0 aromatic heterocycles. The fourth-order valence-electron chi connectivity index (χ4n) is 3.00. The minimum absolute atomic E-state index is 0.0858. The molecule has 0 fully saturated rings. The van der Waals surface area contributed by atoms with E-state index in [4.69, 9.17) is 33.2 Å². The van der Waals surface area contributed by atoms with Gasteiger partial charge in [-0.25, -0.2) is 28.8 Å². The van der Waals surface area contributed by atoms with Crippen LogP contribution in [0.2, 0.25) is 0 Å². The maximum Gasteiger partial charge on any atom is 0.407 e. The Labute approximate surface area is 367 Å². The van der Waals surface area contributed by atoms with E-state index in [2.05, 4.69) is 69.4 Å². The van der Waals surface area contributed by atoms with Crippen LogP contribution < -0.4 is 10.6 Å². The van der Waals surface area contributed by atoms with E-state index in [1.807, 2.05) is 51.2 Å². The molecule has 18 heteroatoms. The van der Waals surface area contributed by atoms with Crippen molar-refractivity contribution in [3.63, 3.8) is 0 Å². The van der Waals surface area contributed by atoms with E-state index in [0.29, 0.717) is 48.1 Å². The van der Waals surface area contributed by atoms with Gasteiger partial charge in [0, 0.05) is 23.3 Å². The predicted octanol–water partition coefficient (Wildman–Crippen LogP) is 7.01. The summed E-state index contributed by atoms with van der Waals surface area (Å²) in [7, 11) is 0. The van der Waals surface area contributed by atoms with Crippen molar-refractivity contribution in [2.24, 2.45) is 0 Å². The number of carbonyl (C=O) groups is 6. The molecular formula is C42H74N2O14S2. The smallest absolute Gasteiger partial charge is 0.407 e. The number of carbonyl (C=O) groups excluding carboxylic acids is 6. The number of nitrogens with one attached hydrogen (secondary N) is 2. The molecule has 0 aliphatic heterocycles. The summed E-state index contributed by atoms with van der Waals surface area (Å²) in [5.74, 6) is 0.476. The lowest BCUT2D eigenvalue weighted by Crippen LogP contribution is -2.29. The Morgan fingerprint density at radius 1 is 0.500 bits per heavy atom. The molecule has 0 rings (SSSR count). The maximum atomic E-state index is 11.1. The number of rotatable bonds is 28. The van der Waals surface area contributed by atoms with E-state index >= 15 is 0 Å². The fourth-order valence-corrected chi connectivity index (χ4v) is 4.51. The Kier molecular flexibility index (Phi) is 46.5. The van der Waals surface area contributed by atoms with Crippen LogP contribution in [0.4, 0.5) is 9.59 Å². The van der Waals surface area contributed by atoms with E-state index in [9.17, 15) is 28.8 Å². The van der Waals surface area contributed by atoms with Crippen molar-refractivity contribution in [3.8, 4) is 0 Å². The number of alkyl carbamates (subject to hydrolysis) is 2. The van der Waals surface area contributed by atoms with Crippen LogP contribution in [0.15, 0.2) is 49.6 Å². The average molecular weight is 895 g/mol.